The van der Waals surface area contributed by atoms with Gasteiger partial charge in [-0.3, -0.25) is 4.79 Å². The molecule has 0 aliphatic heterocycles. The van der Waals surface area contributed by atoms with Crippen LogP contribution < -0.4 is 4.74 Å². The Labute approximate surface area is 112 Å². The summed E-state index contributed by atoms with van der Waals surface area (Å²) in [5.74, 6) is -1.22. The van der Waals surface area contributed by atoms with E-state index in [9.17, 15) is 14.7 Å². The first-order valence-corrected chi connectivity index (χ1v) is 6.00. The van der Waals surface area contributed by atoms with Gasteiger partial charge in [-0.25, -0.2) is 4.79 Å². The number of hydrogen-bond acceptors (Lipinski definition) is 5. The summed E-state index contributed by atoms with van der Waals surface area (Å²) in [5, 5.41) is 9.75. The molecule has 1 rings (SSSR count). The average molecular weight is 266 g/mol. The van der Waals surface area contributed by atoms with Crippen LogP contribution in [0, 0.1) is 0 Å². The lowest BCUT2D eigenvalue weighted by molar-refractivity contribution is -0.131. The van der Waals surface area contributed by atoms with Gasteiger partial charge in [0.2, 0.25) is 0 Å². The minimum absolute atomic E-state index is 0.0393. The molecule has 0 unspecified atom stereocenters. The van der Waals surface area contributed by atoms with Crippen molar-refractivity contribution in [3.63, 3.8) is 0 Å². The van der Waals surface area contributed by atoms with Crippen molar-refractivity contribution in [2.45, 2.75) is 39.7 Å². The Hall–Kier alpha value is -2.04. The van der Waals surface area contributed by atoms with E-state index in [0.29, 0.717) is 6.42 Å². The fraction of sp³-hybridized carbons (Fsp3) is 0.429. The Balaban J connectivity index is 2.90. The molecule has 1 N–H and O–H groups in total. The van der Waals surface area contributed by atoms with E-state index in [-0.39, 0.29) is 17.1 Å². The molecular formula is C14H18O5. The second-order valence-electron chi connectivity index (χ2n) is 4.78. The summed E-state index contributed by atoms with van der Waals surface area (Å²) in [6.07, 6.45) is 0.658. The Kier molecular flexibility index (Phi) is 4.53. The third-order valence-corrected chi connectivity index (χ3v) is 2.67. The predicted octanol–water partition coefficient (Wildman–Crippen LogP) is 2.66. The molecule has 0 aliphatic rings. The van der Waals surface area contributed by atoms with Crippen molar-refractivity contribution in [1.82, 2.24) is 0 Å². The van der Waals surface area contributed by atoms with Crippen molar-refractivity contribution >= 4 is 11.9 Å². The highest BCUT2D eigenvalue weighted by atomic mass is 16.6. The summed E-state index contributed by atoms with van der Waals surface area (Å²) in [6, 6.07) is 4.00. The predicted molar refractivity (Wildman–Crippen MR) is 69.2 cm³/mol. The quantitative estimate of drug-likeness (QED) is 0.670. The van der Waals surface area contributed by atoms with Gasteiger partial charge in [-0.2, -0.15) is 0 Å². The zero-order valence-electron chi connectivity index (χ0n) is 11.5. The van der Waals surface area contributed by atoms with Crippen molar-refractivity contribution in [1.29, 1.82) is 0 Å². The smallest absolute Gasteiger partial charge is 0.342 e. The summed E-state index contributed by atoms with van der Waals surface area (Å²) in [7, 11) is 0. The van der Waals surface area contributed by atoms with E-state index >= 15 is 0 Å². The van der Waals surface area contributed by atoms with Gasteiger partial charge in [0, 0.05) is 13.0 Å². The lowest BCUT2D eigenvalue weighted by atomic mass is 10.1. The van der Waals surface area contributed by atoms with E-state index in [2.05, 4.69) is 0 Å². The fourth-order valence-electron chi connectivity index (χ4n) is 1.29. The van der Waals surface area contributed by atoms with Gasteiger partial charge in [-0.05, 0) is 32.4 Å². The minimum Gasteiger partial charge on any atom is -0.507 e. The van der Waals surface area contributed by atoms with Gasteiger partial charge in [-0.1, -0.05) is 6.92 Å². The van der Waals surface area contributed by atoms with Crippen LogP contribution in [0.25, 0.3) is 0 Å². The van der Waals surface area contributed by atoms with E-state index in [1.807, 2.05) is 6.92 Å². The number of aromatic hydroxyl groups is 1. The topological polar surface area (TPSA) is 72.8 Å². The molecular weight excluding hydrogens is 248 g/mol. The zero-order valence-corrected chi connectivity index (χ0v) is 11.5. The van der Waals surface area contributed by atoms with E-state index in [1.54, 1.807) is 13.8 Å². The summed E-state index contributed by atoms with van der Waals surface area (Å²) < 4.78 is 10.1. The maximum atomic E-state index is 11.9. The molecule has 104 valence electrons. The third kappa shape index (κ3) is 4.28. The molecule has 0 aliphatic carbocycles. The van der Waals surface area contributed by atoms with E-state index < -0.39 is 17.5 Å². The largest absolute Gasteiger partial charge is 0.507 e. The molecule has 0 amide bonds. The van der Waals surface area contributed by atoms with Crippen LogP contribution in [0.3, 0.4) is 0 Å². The number of benzene rings is 1. The monoisotopic (exact) mass is 266 g/mol. The summed E-state index contributed by atoms with van der Waals surface area (Å²) in [5.41, 5.74) is -0.560. The molecule has 1 aromatic rings. The normalized spacial score (nSPS) is 10.9. The number of esters is 2. The molecule has 1 aromatic carbocycles. The number of carbonyl (C=O) groups is 2. The van der Waals surface area contributed by atoms with E-state index in [1.165, 1.54) is 25.1 Å². The molecule has 0 bridgehead atoms. The van der Waals surface area contributed by atoms with Crippen LogP contribution >= 0.6 is 0 Å². The van der Waals surface area contributed by atoms with Crippen molar-refractivity contribution in [2.75, 3.05) is 0 Å². The number of phenols is 1. The molecule has 0 atom stereocenters. The molecule has 5 heteroatoms. The summed E-state index contributed by atoms with van der Waals surface area (Å²) >= 11 is 0. The van der Waals surface area contributed by atoms with E-state index in [0.717, 1.165) is 0 Å². The summed E-state index contributed by atoms with van der Waals surface area (Å²) in [4.78, 5) is 22.7. The molecule has 0 saturated heterocycles. The molecule has 0 spiro atoms. The number of ether oxygens (including phenoxy) is 2. The van der Waals surface area contributed by atoms with Gasteiger partial charge in [0.25, 0.3) is 0 Å². The highest BCUT2D eigenvalue weighted by molar-refractivity contribution is 5.93. The van der Waals surface area contributed by atoms with Crippen LogP contribution in [-0.2, 0) is 9.53 Å². The highest BCUT2D eigenvalue weighted by Gasteiger charge is 2.23. The van der Waals surface area contributed by atoms with Crippen molar-refractivity contribution in [2.24, 2.45) is 0 Å². The Bertz CT molecular complexity index is 491. The Morgan fingerprint density at radius 3 is 2.42 bits per heavy atom. The molecule has 0 saturated carbocycles. The average Bonchev–Trinajstić information content (AvgIpc) is 2.27. The number of carbonyl (C=O) groups excluding carboxylic acids is 2. The van der Waals surface area contributed by atoms with Gasteiger partial charge >= 0.3 is 11.9 Å². The van der Waals surface area contributed by atoms with Crippen molar-refractivity contribution < 1.29 is 24.2 Å². The van der Waals surface area contributed by atoms with Crippen LogP contribution in [0.15, 0.2) is 18.2 Å². The van der Waals surface area contributed by atoms with Gasteiger partial charge < -0.3 is 14.6 Å². The minimum atomic E-state index is -0.612. The molecule has 5 nitrogen and oxygen atoms in total. The van der Waals surface area contributed by atoms with Gasteiger partial charge in [-0.15, -0.1) is 0 Å². The van der Waals surface area contributed by atoms with Crippen LogP contribution in [0.2, 0.25) is 0 Å². The Morgan fingerprint density at radius 1 is 1.32 bits per heavy atom. The molecule has 19 heavy (non-hydrogen) atoms. The van der Waals surface area contributed by atoms with Gasteiger partial charge in [0.1, 0.15) is 22.7 Å². The summed E-state index contributed by atoms with van der Waals surface area (Å²) in [6.45, 7) is 6.73. The van der Waals surface area contributed by atoms with Crippen LogP contribution in [0.4, 0.5) is 0 Å². The van der Waals surface area contributed by atoms with Crippen molar-refractivity contribution in [3.05, 3.63) is 23.8 Å². The SMILES string of the molecule is CCC(C)(C)OC(=O)c1ccc(OC(C)=O)cc1O. The second kappa shape index (κ2) is 5.73. The number of rotatable bonds is 4. The first-order chi connectivity index (χ1) is 8.75. The van der Waals surface area contributed by atoms with Crippen molar-refractivity contribution in [3.8, 4) is 11.5 Å². The fourth-order valence-corrected chi connectivity index (χ4v) is 1.29. The highest BCUT2D eigenvalue weighted by Crippen LogP contribution is 2.26. The van der Waals surface area contributed by atoms with Crippen LogP contribution in [0.1, 0.15) is 44.5 Å². The Morgan fingerprint density at radius 2 is 1.95 bits per heavy atom. The molecule has 0 heterocycles. The number of phenolic OH excluding ortho intramolecular Hbond substituents is 1. The second-order valence-corrected chi connectivity index (χ2v) is 4.78. The van der Waals surface area contributed by atoms with Gasteiger partial charge in [0.05, 0.1) is 0 Å². The zero-order chi connectivity index (χ0) is 14.6. The number of hydrogen-bond donors (Lipinski definition) is 1. The standard InChI is InChI=1S/C14H18O5/c1-5-14(3,4)19-13(17)11-7-6-10(8-12(11)16)18-9(2)15/h6-8,16H,5H2,1-4H3. The lowest BCUT2D eigenvalue weighted by Gasteiger charge is -2.23. The van der Waals surface area contributed by atoms with E-state index in [4.69, 9.17) is 9.47 Å². The lowest BCUT2D eigenvalue weighted by Crippen LogP contribution is -2.27. The molecule has 0 aromatic heterocycles. The molecule has 0 radical (unpaired) electrons. The maximum Gasteiger partial charge on any atom is 0.342 e. The van der Waals surface area contributed by atoms with Crippen LogP contribution in [0.5, 0.6) is 11.5 Å². The first-order valence-electron chi connectivity index (χ1n) is 6.00. The third-order valence-electron chi connectivity index (χ3n) is 2.67. The molecule has 0 fully saturated rings. The van der Waals surface area contributed by atoms with Crippen LogP contribution in [-0.4, -0.2) is 22.6 Å². The maximum absolute atomic E-state index is 11.9. The first kappa shape index (κ1) is 15.0. The van der Waals surface area contributed by atoms with Gasteiger partial charge in [0.15, 0.2) is 0 Å².